The summed E-state index contributed by atoms with van der Waals surface area (Å²) in [6, 6.07) is 27.3. The molecule has 40 heavy (non-hydrogen) atoms. The molecule has 1 unspecified atom stereocenters. The van der Waals surface area contributed by atoms with Crippen molar-refractivity contribution in [3.8, 4) is 17.0 Å². The van der Waals surface area contributed by atoms with Crippen LogP contribution in [-0.2, 0) is 21.7 Å². The van der Waals surface area contributed by atoms with E-state index in [-0.39, 0.29) is 24.9 Å². The zero-order valence-corrected chi connectivity index (χ0v) is 22.8. The van der Waals surface area contributed by atoms with Gasteiger partial charge in [-0.25, -0.2) is 10.0 Å². The van der Waals surface area contributed by atoms with E-state index >= 15 is 0 Å². The van der Waals surface area contributed by atoms with Gasteiger partial charge in [0.1, 0.15) is 24.4 Å². The Morgan fingerprint density at radius 3 is 2.50 bits per heavy atom. The molecule has 0 aliphatic carbocycles. The number of ether oxygens (including phenoxy) is 1. The first-order chi connectivity index (χ1) is 19.2. The van der Waals surface area contributed by atoms with Crippen molar-refractivity contribution in [3.05, 3.63) is 96.1 Å². The first kappa shape index (κ1) is 27.3. The lowest BCUT2D eigenvalue weighted by molar-refractivity contribution is -0.169. The number of benzene rings is 3. The third kappa shape index (κ3) is 5.68. The lowest BCUT2D eigenvalue weighted by Crippen LogP contribution is -2.48. The molecule has 2 heterocycles. The lowest BCUT2D eigenvalue weighted by Gasteiger charge is -2.25. The molecular weight excluding hydrogens is 504 g/mol. The van der Waals surface area contributed by atoms with Gasteiger partial charge in [0.25, 0.3) is 5.91 Å². The third-order valence-electron chi connectivity index (χ3n) is 7.23. The summed E-state index contributed by atoms with van der Waals surface area (Å²) in [6.45, 7) is 4.49. The Kier molecular flexibility index (Phi) is 7.82. The summed E-state index contributed by atoms with van der Waals surface area (Å²) in [7, 11) is 0. The minimum atomic E-state index is -1.23. The number of para-hydroxylation sites is 1. The van der Waals surface area contributed by atoms with E-state index in [4.69, 9.17) is 15.5 Å². The van der Waals surface area contributed by atoms with Crippen LogP contribution in [0, 0.1) is 5.92 Å². The van der Waals surface area contributed by atoms with Crippen LogP contribution in [0.2, 0.25) is 0 Å². The van der Waals surface area contributed by atoms with Gasteiger partial charge in [0.15, 0.2) is 0 Å². The molecule has 2 amide bonds. The van der Waals surface area contributed by atoms with E-state index in [1.807, 2.05) is 80.6 Å². The standard InChI is InChI=1S/C32H34N4O4/c1-22(2)19-36(39)30(37)20-35-17-16-32(33,31(35)38)25-12-14-26(15-13-25)40-21-24-18-29(23-8-4-3-5-9-23)34-28-11-7-6-10-27(24)28/h3-15,18,22,39H,16-17,19-21,33H2,1-2H3. The Labute approximate surface area is 233 Å². The van der Waals surface area contributed by atoms with Gasteiger partial charge in [-0.1, -0.05) is 74.5 Å². The van der Waals surface area contributed by atoms with Gasteiger partial charge in [-0.3, -0.25) is 14.8 Å². The SMILES string of the molecule is CC(C)CN(O)C(=O)CN1CCC(N)(c2ccc(OCc3cc(-c4ccccc4)nc4ccccc34)cc2)C1=O. The number of rotatable bonds is 9. The largest absolute Gasteiger partial charge is 0.489 e. The number of fused-ring (bicyclic) bond motifs is 1. The zero-order valence-electron chi connectivity index (χ0n) is 22.8. The van der Waals surface area contributed by atoms with Gasteiger partial charge in [-0.2, -0.15) is 0 Å². The highest BCUT2D eigenvalue weighted by molar-refractivity contribution is 5.92. The number of nitrogens with zero attached hydrogens (tertiary/aromatic N) is 3. The number of hydroxylamine groups is 2. The molecule has 8 nitrogen and oxygen atoms in total. The first-order valence-corrected chi connectivity index (χ1v) is 13.5. The average Bonchev–Trinajstić information content (AvgIpc) is 3.25. The minimum Gasteiger partial charge on any atom is -0.489 e. The van der Waals surface area contributed by atoms with Crippen LogP contribution in [0.1, 0.15) is 31.4 Å². The summed E-state index contributed by atoms with van der Waals surface area (Å²) in [6.07, 6.45) is 0.375. The average molecular weight is 539 g/mol. The molecule has 0 radical (unpaired) electrons. The molecule has 0 saturated carbocycles. The summed E-state index contributed by atoms with van der Waals surface area (Å²) in [5.74, 6) is -0.0874. The summed E-state index contributed by atoms with van der Waals surface area (Å²) in [5, 5.41) is 11.7. The van der Waals surface area contributed by atoms with E-state index in [1.54, 1.807) is 12.1 Å². The Bertz CT molecular complexity index is 1510. The maximum Gasteiger partial charge on any atom is 0.265 e. The molecule has 1 aliphatic rings. The quantitative estimate of drug-likeness (QED) is 0.235. The van der Waals surface area contributed by atoms with Crippen molar-refractivity contribution >= 4 is 22.7 Å². The second kappa shape index (κ2) is 11.5. The molecule has 0 bridgehead atoms. The topological polar surface area (TPSA) is 109 Å². The Morgan fingerprint density at radius 1 is 1.07 bits per heavy atom. The number of aromatic nitrogens is 1. The van der Waals surface area contributed by atoms with E-state index in [2.05, 4.69) is 6.07 Å². The van der Waals surface area contributed by atoms with Crippen molar-refractivity contribution < 1.29 is 19.5 Å². The van der Waals surface area contributed by atoms with E-state index < -0.39 is 11.4 Å². The molecule has 5 rings (SSSR count). The van der Waals surface area contributed by atoms with Gasteiger partial charge >= 0.3 is 0 Å². The summed E-state index contributed by atoms with van der Waals surface area (Å²) in [4.78, 5) is 31.8. The zero-order chi connectivity index (χ0) is 28.3. The van der Waals surface area contributed by atoms with Crippen LogP contribution >= 0.6 is 0 Å². The van der Waals surface area contributed by atoms with Gasteiger partial charge in [-0.15, -0.1) is 0 Å². The maximum absolute atomic E-state index is 13.2. The predicted octanol–water partition coefficient (Wildman–Crippen LogP) is 4.74. The van der Waals surface area contributed by atoms with Gasteiger partial charge in [-0.05, 0) is 42.2 Å². The molecule has 1 fully saturated rings. The highest BCUT2D eigenvalue weighted by Gasteiger charge is 2.45. The van der Waals surface area contributed by atoms with E-state index in [9.17, 15) is 14.8 Å². The summed E-state index contributed by atoms with van der Waals surface area (Å²) in [5.41, 5.74) is 9.84. The van der Waals surface area contributed by atoms with Gasteiger partial charge in [0, 0.05) is 23.1 Å². The molecule has 1 aliphatic heterocycles. The minimum absolute atomic E-state index is 0.112. The molecule has 206 valence electrons. The number of hydrogen-bond donors (Lipinski definition) is 2. The molecule has 1 aromatic heterocycles. The fourth-order valence-corrected chi connectivity index (χ4v) is 5.05. The molecular formula is C32H34N4O4. The van der Waals surface area contributed by atoms with Crippen LogP contribution < -0.4 is 10.5 Å². The fraction of sp³-hybridized carbons (Fsp3) is 0.281. The van der Waals surface area contributed by atoms with Crippen molar-refractivity contribution in [3.63, 3.8) is 0 Å². The summed E-state index contributed by atoms with van der Waals surface area (Å²) < 4.78 is 6.16. The fourth-order valence-electron chi connectivity index (χ4n) is 5.05. The molecule has 8 heteroatoms. The van der Waals surface area contributed by atoms with E-state index in [0.717, 1.165) is 27.7 Å². The predicted molar refractivity (Wildman–Crippen MR) is 153 cm³/mol. The summed E-state index contributed by atoms with van der Waals surface area (Å²) >= 11 is 0. The Hall–Kier alpha value is -4.27. The second-order valence-corrected chi connectivity index (χ2v) is 10.7. The number of carbonyl (C=O) groups excluding carboxylic acids is 2. The third-order valence-corrected chi connectivity index (χ3v) is 7.23. The number of amides is 2. The van der Waals surface area contributed by atoms with Crippen molar-refractivity contribution in [2.45, 2.75) is 32.4 Å². The molecule has 4 aromatic rings. The van der Waals surface area contributed by atoms with Crippen LogP contribution in [0.25, 0.3) is 22.2 Å². The van der Waals surface area contributed by atoms with Gasteiger partial charge < -0.3 is 15.4 Å². The number of carbonyl (C=O) groups is 2. The van der Waals surface area contributed by atoms with Crippen LogP contribution in [-0.4, -0.2) is 51.6 Å². The van der Waals surface area contributed by atoms with Crippen molar-refractivity contribution in [2.75, 3.05) is 19.6 Å². The van der Waals surface area contributed by atoms with Crippen molar-refractivity contribution in [1.82, 2.24) is 14.9 Å². The highest BCUT2D eigenvalue weighted by Crippen LogP contribution is 2.32. The number of hydrogen-bond acceptors (Lipinski definition) is 6. The monoisotopic (exact) mass is 538 g/mol. The molecule has 1 saturated heterocycles. The van der Waals surface area contributed by atoms with E-state index in [1.165, 1.54) is 4.90 Å². The number of likely N-dealkylation sites (tertiary alicyclic amines) is 1. The van der Waals surface area contributed by atoms with Gasteiger partial charge in [0.05, 0.1) is 17.8 Å². The van der Waals surface area contributed by atoms with Gasteiger partial charge in [0.2, 0.25) is 5.91 Å². The van der Waals surface area contributed by atoms with Crippen molar-refractivity contribution in [2.24, 2.45) is 11.7 Å². The first-order valence-electron chi connectivity index (χ1n) is 13.5. The Balaban J connectivity index is 1.28. The smallest absolute Gasteiger partial charge is 0.265 e. The van der Waals surface area contributed by atoms with Crippen molar-refractivity contribution in [1.29, 1.82) is 0 Å². The normalized spacial score (nSPS) is 17.0. The molecule has 1 atom stereocenters. The highest BCUT2D eigenvalue weighted by atomic mass is 16.5. The second-order valence-electron chi connectivity index (χ2n) is 10.7. The van der Waals surface area contributed by atoms with Crippen LogP contribution in [0.4, 0.5) is 0 Å². The number of pyridine rings is 1. The molecule has 3 aromatic carbocycles. The molecule has 3 N–H and O–H groups in total. The van der Waals surface area contributed by atoms with Crippen LogP contribution in [0.5, 0.6) is 5.75 Å². The Morgan fingerprint density at radius 2 is 1.77 bits per heavy atom. The van der Waals surface area contributed by atoms with E-state index in [0.29, 0.717) is 35.9 Å². The lowest BCUT2D eigenvalue weighted by atomic mass is 9.89. The number of nitrogens with two attached hydrogens (primary N) is 1. The molecule has 0 spiro atoms. The van der Waals surface area contributed by atoms with Crippen LogP contribution in [0.15, 0.2) is 84.9 Å². The van der Waals surface area contributed by atoms with Crippen LogP contribution in [0.3, 0.4) is 0 Å². The maximum atomic E-state index is 13.2.